The molecule has 1 aliphatic rings. The Morgan fingerprint density at radius 1 is 1.05 bits per heavy atom. The van der Waals surface area contributed by atoms with E-state index < -0.39 is 30.4 Å². The van der Waals surface area contributed by atoms with E-state index in [0.29, 0.717) is 30.0 Å². The number of methoxy groups -OCH3 is 2. The minimum Gasteiger partial charge on any atom is -0.496 e. The van der Waals surface area contributed by atoms with Crippen molar-refractivity contribution < 1.29 is 37.0 Å². The third-order valence-electron chi connectivity index (χ3n) is 6.26. The van der Waals surface area contributed by atoms with Gasteiger partial charge in [-0.05, 0) is 50.6 Å². The van der Waals surface area contributed by atoms with Crippen LogP contribution >= 0.6 is 0 Å². The van der Waals surface area contributed by atoms with Gasteiger partial charge in [-0.2, -0.15) is 13.2 Å². The zero-order valence-electron chi connectivity index (χ0n) is 21.9. The molecular formula is C27H30F3N3O5. The van der Waals surface area contributed by atoms with Gasteiger partial charge in [-0.15, -0.1) is 0 Å². The molecule has 0 bridgehead atoms. The van der Waals surface area contributed by atoms with Gasteiger partial charge in [0.15, 0.2) is 5.78 Å². The van der Waals surface area contributed by atoms with Crippen LogP contribution in [0.15, 0.2) is 36.7 Å². The summed E-state index contributed by atoms with van der Waals surface area (Å²) < 4.78 is 56.0. The zero-order valence-corrected chi connectivity index (χ0v) is 21.9. The molecule has 0 aliphatic carbocycles. The fourth-order valence-electron chi connectivity index (χ4n) is 4.34. The fraction of sp³-hybridized carbons (Fsp3) is 0.444. The number of fused-ring (bicyclic) bond motifs is 1. The van der Waals surface area contributed by atoms with Gasteiger partial charge in [0.2, 0.25) is 0 Å². The molecule has 1 aliphatic heterocycles. The van der Waals surface area contributed by atoms with E-state index in [1.54, 1.807) is 23.2 Å². The quantitative estimate of drug-likeness (QED) is 0.353. The Labute approximate surface area is 218 Å². The highest BCUT2D eigenvalue weighted by Crippen LogP contribution is 2.37. The monoisotopic (exact) mass is 533 g/mol. The highest BCUT2D eigenvalue weighted by Gasteiger charge is 2.35. The third kappa shape index (κ3) is 5.87. The topological polar surface area (TPSA) is 82.4 Å². The van der Waals surface area contributed by atoms with Crippen LogP contribution in [0, 0.1) is 0 Å². The number of carbonyl (C=O) groups is 2. The van der Waals surface area contributed by atoms with E-state index in [0.717, 1.165) is 5.56 Å². The van der Waals surface area contributed by atoms with Crippen LogP contribution in [0.5, 0.6) is 11.5 Å². The SMILES string of the molecule is COc1cc(-c2cnc3cc(C4CN(C(=O)OC(C)(C)C)C4)ccn23)cc(OC)c1C(=O)CCC(F)(F)F. The Hall–Kier alpha value is -3.76. The number of benzene rings is 1. The molecule has 0 N–H and O–H groups in total. The van der Waals surface area contributed by atoms with Gasteiger partial charge in [-0.25, -0.2) is 9.78 Å². The normalized spacial score (nSPS) is 14.4. The minimum absolute atomic E-state index is 0.0290. The molecular weight excluding hydrogens is 503 g/mol. The van der Waals surface area contributed by atoms with E-state index in [9.17, 15) is 22.8 Å². The summed E-state index contributed by atoms with van der Waals surface area (Å²) in [5.41, 5.74) is 2.44. The van der Waals surface area contributed by atoms with Crippen LogP contribution in [-0.2, 0) is 4.74 Å². The van der Waals surface area contributed by atoms with Gasteiger partial charge in [0.05, 0.1) is 32.5 Å². The first-order valence-corrected chi connectivity index (χ1v) is 12.1. The Bertz CT molecular complexity index is 1330. The standard InChI is InChI=1S/C27H30F3N3O5/c1-26(2,3)38-25(35)32-14-18(15-32)16-7-9-33-19(13-31-23(33)12-16)17-10-21(36-4)24(22(11-17)37-5)20(34)6-8-27(28,29)30/h7,9-13,18H,6,8,14-15H2,1-5H3. The number of alkyl halides is 3. The number of likely N-dealkylation sites (tertiary alicyclic amines) is 1. The van der Waals surface area contributed by atoms with E-state index in [1.165, 1.54) is 14.2 Å². The number of nitrogens with zero attached hydrogens (tertiary/aromatic N) is 3. The van der Waals surface area contributed by atoms with Gasteiger partial charge in [0, 0.05) is 37.2 Å². The molecule has 3 aromatic rings. The van der Waals surface area contributed by atoms with Crippen LogP contribution in [0.2, 0.25) is 0 Å². The number of hydrogen-bond acceptors (Lipinski definition) is 6. The first-order chi connectivity index (χ1) is 17.8. The predicted octanol–water partition coefficient (Wildman–Crippen LogP) is 5.88. The number of ketones is 1. The third-order valence-corrected chi connectivity index (χ3v) is 6.26. The minimum atomic E-state index is -4.45. The van der Waals surface area contributed by atoms with E-state index in [-0.39, 0.29) is 29.1 Å². The fourth-order valence-corrected chi connectivity index (χ4v) is 4.34. The van der Waals surface area contributed by atoms with Crippen molar-refractivity contribution in [1.82, 2.24) is 14.3 Å². The molecule has 1 aromatic carbocycles. The summed E-state index contributed by atoms with van der Waals surface area (Å²) in [6.45, 7) is 6.59. The molecule has 0 unspecified atom stereocenters. The number of halogens is 3. The molecule has 1 saturated heterocycles. The second-order valence-corrected chi connectivity index (χ2v) is 10.2. The molecule has 0 atom stereocenters. The van der Waals surface area contributed by atoms with Crippen molar-refractivity contribution in [1.29, 1.82) is 0 Å². The number of Topliss-reactive ketones (excluding diaryl/α,β-unsaturated/α-hetero) is 1. The Kier molecular flexibility index (Phi) is 7.31. The molecule has 0 spiro atoms. The summed E-state index contributed by atoms with van der Waals surface area (Å²) in [5, 5.41) is 0. The van der Waals surface area contributed by atoms with Crippen LogP contribution in [0.25, 0.3) is 16.9 Å². The Morgan fingerprint density at radius 2 is 1.68 bits per heavy atom. The van der Waals surface area contributed by atoms with Crippen molar-refractivity contribution >= 4 is 17.5 Å². The summed E-state index contributed by atoms with van der Waals surface area (Å²) in [6, 6.07) is 7.08. The van der Waals surface area contributed by atoms with Crippen LogP contribution < -0.4 is 9.47 Å². The van der Waals surface area contributed by atoms with Crippen molar-refractivity contribution in [3.05, 3.63) is 47.8 Å². The van der Waals surface area contributed by atoms with E-state index in [4.69, 9.17) is 14.2 Å². The lowest BCUT2D eigenvalue weighted by molar-refractivity contribution is -0.133. The molecule has 11 heteroatoms. The summed E-state index contributed by atoms with van der Waals surface area (Å²) in [6.07, 6.45) is -3.19. The lowest BCUT2D eigenvalue weighted by Gasteiger charge is -2.40. The average Bonchev–Trinajstić information content (AvgIpc) is 3.22. The van der Waals surface area contributed by atoms with Crippen LogP contribution in [0.4, 0.5) is 18.0 Å². The molecule has 3 heterocycles. The number of pyridine rings is 1. The number of carbonyl (C=O) groups excluding carboxylic acids is 2. The summed E-state index contributed by atoms with van der Waals surface area (Å²) in [7, 11) is 2.69. The number of aromatic nitrogens is 2. The molecule has 0 saturated carbocycles. The number of amides is 1. The van der Waals surface area contributed by atoms with Crippen LogP contribution in [0.3, 0.4) is 0 Å². The Balaban J connectivity index is 1.57. The van der Waals surface area contributed by atoms with Crippen molar-refractivity contribution in [2.75, 3.05) is 27.3 Å². The van der Waals surface area contributed by atoms with E-state index in [1.807, 2.05) is 43.5 Å². The number of rotatable bonds is 7. The average molecular weight is 534 g/mol. The highest BCUT2D eigenvalue weighted by atomic mass is 19.4. The smallest absolute Gasteiger partial charge is 0.410 e. The maximum absolute atomic E-state index is 12.7. The van der Waals surface area contributed by atoms with Gasteiger partial charge in [-0.3, -0.25) is 9.20 Å². The lowest BCUT2D eigenvalue weighted by Crippen LogP contribution is -2.50. The van der Waals surface area contributed by atoms with Crippen molar-refractivity contribution in [3.8, 4) is 22.8 Å². The summed E-state index contributed by atoms with van der Waals surface area (Å²) in [5.74, 6) is -0.314. The van der Waals surface area contributed by atoms with Crippen LogP contribution in [0.1, 0.15) is 55.5 Å². The van der Waals surface area contributed by atoms with Gasteiger partial charge in [0.25, 0.3) is 0 Å². The largest absolute Gasteiger partial charge is 0.496 e. The number of hydrogen-bond donors (Lipinski definition) is 0. The van der Waals surface area contributed by atoms with E-state index in [2.05, 4.69) is 4.98 Å². The first kappa shape index (κ1) is 27.3. The van der Waals surface area contributed by atoms with E-state index >= 15 is 0 Å². The number of ether oxygens (including phenoxy) is 3. The molecule has 8 nitrogen and oxygen atoms in total. The van der Waals surface area contributed by atoms with Gasteiger partial charge >= 0.3 is 12.3 Å². The molecule has 1 amide bonds. The second kappa shape index (κ2) is 10.2. The predicted molar refractivity (Wildman–Crippen MR) is 134 cm³/mol. The second-order valence-electron chi connectivity index (χ2n) is 10.2. The van der Waals surface area contributed by atoms with Gasteiger partial charge in [-0.1, -0.05) is 0 Å². The molecule has 4 rings (SSSR count). The number of imidazole rings is 1. The zero-order chi connectivity index (χ0) is 27.8. The first-order valence-electron chi connectivity index (χ1n) is 12.1. The van der Waals surface area contributed by atoms with Gasteiger partial charge in [0.1, 0.15) is 28.3 Å². The Morgan fingerprint density at radius 3 is 2.24 bits per heavy atom. The van der Waals surface area contributed by atoms with Gasteiger partial charge < -0.3 is 19.1 Å². The summed E-state index contributed by atoms with van der Waals surface area (Å²) >= 11 is 0. The molecule has 2 aromatic heterocycles. The molecule has 0 radical (unpaired) electrons. The van der Waals surface area contributed by atoms with Crippen molar-refractivity contribution in [3.63, 3.8) is 0 Å². The molecule has 1 fully saturated rings. The molecule has 38 heavy (non-hydrogen) atoms. The maximum Gasteiger partial charge on any atom is 0.410 e. The maximum atomic E-state index is 12.7. The van der Waals surface area contributed by atoms with Crippen LogP contribution in [-0.4, -0.2) is 65.2 Å². The van der Waals surface area contributed by atoms with Crippen molar-refractivity contribution in [2.24, 2.45) is 0 Å². The molecule has 204 valence electrons. The highest BCUT2D eigenvalue weighted by molar-refractivity contribution is 6.02. The lowest BCUT2D eigenvalue weighted by atomic mass is 9.92. The van der Waals surface area contributed by atoms with Crippen molar-refractivity contribution in [2.45, 2.75) is 51.3 Å². The summed E-state index contributed by atoms with van der Waals surface area (Å²) in [4.78, 5) is 31.0.